The van der Waals surface area contributed by atoms with E-state index in [0.717, 1.165) is 0 Å². The fourth-order valence-corrected chi connectivity index (χ4v) is 1.82. The van der Waals surface area contributed by atoms with Gasteiger partial charge in [0.2, 0.25) is 0 Å². The van der Waals surface area contributed by atoms with E-state index in [1.165, 1.54) is 37.1 Å². The van der Waals surface area contributed by atoms with Crippen molar-refractivity contribution in [1.29, 1.82) is 5.26 Å². The Labute approximate surface area is 136 Å². The lowest BCUT2D eigenvalue weighted by Crippen LogP contribution is -2.14. The van der Waals surface area contributed by atoms with Crippen molar-refractivity contribution >= 4 is 11.7 Å². The first-order chi connectivity index (χ1) is 11.7. The summed E-state index contributed by atoms with van der Waals surface area (Å²) in [4.78, 5) is 27.9. The van der Waals surface area contributed by atoms with Crippen molar-refractivity contribution < 1.29 is 9.53 Å². The van der Waals surface area contributed by atoms with E-state index in [9.17, 15) is 4.79 Å². The monoisotopic (exact) mass is 318 g/mol. The maximum absolute atomic E-state index is 12.2. The lowest BCUT2D eigenvalue weighted by atomic mass is 10.3. The largest absolute Gasteiger partial charge is 0.454 e. The summed E-state index contributed by atoms with van der Waals surface area (Å²) < 4.78 is 5.57. The molecule has 8 nitrogen and oxygen atoms in total. The molecule has 1 amide bonds. The van der Waals surface area contributed by atoms with Gasteiger partial charge in [-0.2, -0.15) is 5.26 Å². The Morgan fingerprint density at radius 2 is 2.00 bits per heavy atom. The third-order valence-electron chi connectivity index (χ3n) is 2.84. The van der Waals surface area contributed by atoms with E-state index in [0.29, 0.717) is 17.3 Å². The number of nitrogens with one attached hydrogen (secondary N) is 1. The molecule has 1 N–H and O–H groups in total. The van der Waals surface area contributed by atoms with E-state index in [2.05, 4.69) is 25.3 Å². The summed E-state index contributed by atoms with van der Waals surface area (Å²) in [5, 5.41) is 11.4. The fourth-order valence-electron chi connectivity index (χ4n) is 1.82. The molecular formula is C16H10N6O2. The van der Waals surface area contributed by atoms with Gasteiger partial charge in [0, 0.05) is 12.3 Å². The van der Waals surface area contributed by atoms with E-state index in [-0.39, 0.29) is 11.4 Å². The smallest absolute Gasteiger partial charge is 0.275 e. The maximum Gasteiger partial charge on any atom is 0.275 e. The molecule has 0 aromatic carbocycles. The van der Waals surface area contributed by atoms with Crippen molar-refractivity contribution in [2.75, 3.05) is 5.32 Å². The summed E-state index contributed by atoms with van der Waals surface area (Å²) in [6, 6.07) is 9.69. The molecule has 0 aliphatic heterocycles. The number of carbonyl (C=O) groups excluding carboxylic acids is 1. The van der Waals surface area contributed by atoms with Crippen LogP contribution in [-0.4, -0.2) is 25.8 Å². The SMILES string of the molecule is N#Cc1cccc(C(=O)Nc2cc(Oc3cncnc3)ccn2)n1. The molecule has 0 atom stereocenters. The molecule has 3 aromatic heterocycles. The molecule has 0 saturated heterocycles. The van der Waals surface area contributed by atoms with Gasteiger partial charge in [-0.3, -0.25) is 4.79 Å². The van der Waals surface area contributed by atoms with Crippen LogP contribution >= 0.6 is 0 Å². The van der Waals surface area contributed by atoms with Crippen LogP contribution in [0.15, 0.2) is 55.2 Å². The molecule has 0 spiro atoms. The second kappa shape index (κ2) is 6.93. The van der Waals surface area contributed by atoms with Crippen LogP contribution in [0.5, 0.6) is 11.5 Å². The van der Waals surface area contributed by atoms with Gasteiger partial charge >= 0.3 is 0 Å². The zero-order chi connectivity index (χ0) is 16.8. The molecule has 24 heavy (non-hydrogen) atoms. The lowest BCUT2D eigenvalue weighted by molar-refractivity contribution is 0.102. The predicted molar refractivity (Wildman–Crippen MR) is 83.2 cm³/mol. The molecule has 0 bridgehead atoms. The van der Waals surface area contributed by atoms with Crippen molar-refractivity contribution in [3.63, 3.8) is 0 Å². The molecule has 0 unspecified atom stereocenters. The number of hydrogen-bond acceptors (Lipinski definition) is 7. The molecule has 116 valence electrons. The standard InChI is InChI=1S/C16H10N6O2/c17-7-11-2-1-3-14(21-11)16(23)22-15-6-12(4-5-20-15)24-13-8-18-10-19-9-13/h1-6,8-10H,(H,20,22,23). The molecule has 8 heteroatoms. The highest BCUT2D eigenvalue weighted by molar-refractivity contribution is 6.02. The zero-order valence-corrected chi connectivity index (χ0v) is 12.2. The minimum atomic E-state index is -0.472. The molecule has 0 aliphatic rings. The number of nitrogens with zero attached hydrogens (tertiary/aromatic N) is 5. The third kappa shape index (κ3) is 3.66. The van der Waals surface area contributed by atoms with Crippen molar-refractivity contribution in [3.05, 3.63) is 66.6 Å². The van der Waals surface area contributed by atoms with Gasteiger partial charge in [0.05, 0.1) is 12.4 Å². The summed E-state index contributed by atoms with van der Waals surface area (Å²) in [5.41, 5.74) is 0.287. The van der Waals surface area contributed by atoms with Crippen LogP contribution in [0.2, 0.25) is 0 Å². The average molecular weight is 318 g/mol. The second-order valence-electron chi connectivity index (χ2n) is 4.53. The Bertz CT molecular complexity index is 908. The molecule has 0 radical (unpaired) electrons. The molecule has 3 aromatic rings. The summed E-state index contributed by atoms with van der Waals surface area (Å²) in [7, 11) is 0. The lowest BCUT2D eigenvalue weighted by Gasteiger charge is -2.07. The fraction of sp³-hybridized carbons (Fsp3) is 0. The number of aromatic nitrogens is 4. The number of hydrogen-bond donors (Lipinski definition) is 1. The van der Waals surface area contributed by atoms with Gasteiger partial charge in [-0.1, -0.05) is 6.07 Å². The van der Waals surface area contributed by atoms with E-state index in [4.69, 9.17) is 10.00 Å². The molecular weight excluding hydrogens is 308 g/mol. The van der Waals surface area contributed by atoms with Crippen LogP contribution in [0, 0.1) is 11.3 Å². The normalized spacial score (nSPS) is 9.79. The van der Waals surface area contributed by atoms with E-state index in [1.807, 2.05) is 6.07 Å². The van der Waals surface area contributed by atoms with Gasteiger partial charge in [-0.25, -0.2) is 19.9 Å². The number of amides is 1. The topological polar surface area (TPSA) is 114 Å². The Morgan fingerprint density at radius 1 is 1.17 bits per heavy atom. The van der Waals surface area contributed by atoms with Gasteiger partial charge in [-0.15, -0.1) is 0 Å². The predicted octanol–water partition coefficient (Wildman–Crippen LogP) is 2.18. The number of ether oxygens (including phenoxy) is 1. The highest BCUT2D eigenvalue weighted by atomic mass is 16.5. The van der Waals surface area contributed by atoms with E-state index < -0.39 is 5.91 Å². The number of carbonyl (C=O) groups is 1. The van der Waals surface area contributed by atoms with Gasteiger partial charge in [0.15, 0.2) is 5.75 Å². The molecule has 3 heterocycles. The van der Waals surface area contributed by atoms with Crippen molar-refractivity contribution in [2.24, 2.45) is 0 Å². The van der Waals surface area contributed by atoms with Crippen molar-refractivity contribution in [3.8, 4) is 17.6 Å². The minimum Gasteiger partial charge on any atom is -0.454 e. The number of nitriles is 1. The quantitative estimate of drug-likeness (QED) is 0.784. The van der Waals surface area contributed by atoms with E-state index >= 15 is 0 Å². The van der Waals surface area contributed by atoms with Gasteiger partial charge in [0.25, 0.3) is 5.91 Å². The minimum absolute atomic E-state index is 0.124. The van der Waals surface area contributed by atoms with Gasteiger partial charge in [-0.05, 0) is 18.2 Å². The molecule has 0 saturated carbocycles. The number of rotatable bonds is 4. The first kappa shape index (κ1) is 15.1. The Morgan fingerprint density at radius 3 is 2.79 bits per heavy atom. The molecule has 0 fully saturated rings. The van der Waals surface area contributed by atoms with Crippen molar-refractivity contribution in [2.45, 2.75) is 0 Å². The number of anilines is 1. The van der Waals surface area contributed by atoms with Crippen LogP contribution in [0.4, 0.5) is 5.82 Å². The first-order valence-corrected chi connectivity index (χ1v) is 6.82. The van der Waals surface area contributed by atoms with Gasteiger partial charge in [0.1, 0.15) is 35.4 Å². The van der Waals surface area contributed by atoms with Gasteiger partial charge < -0.3 is 10.1 Å². The van der Waals surface area contributed by atoms with Crippen LogP contribution in [0.3, 0.4) is 0 Å². The van der Waals surface area contributed by atoms with Crippen molar-refractivity contribution in [1.82, 2.24) is 19.9 Å². The van der Waals surface area contributed by atoms with Crippen LogP contribution in [-0.2, 0) is 0 Å². The number of pyridine rings is 2. The summed E-state index contributed by atoms with van der Waals surface area (Å²) in [5.74, 6) is 0.747. The zero-order valence-electron chi connectivity index (χ0n) is 12.2. The van der Waals surface area contributed by atoms with Crippen LogP contribution in [0.1, 0.15) is 16.2 Å². The first-order valence-electron chi connectivity index (χ1n) is 6.82. The molecule has 3 rings (SSSR count). The van der Waals surface area contributed by atoms with Crippen LogP contribution < -0.4 is 10.1 Å². The maximum atomic E-state index is 12.2. The third-order valence-corrected chi connectivity index (χ3v) is 2.84. The van der Waals surface area contributed by atoms with Crippen LogP contribution in [0.25, 0.3) is 0 Å². The Balaban J connectivity index is 1.74. The highest BCUT2D eigenvalue weighted by Crippen LogP contribution is 2.21. The summed E-state index contributed by atoms with van der Waals surface area (Å²) >= 11 is 0. The summed E-state index contributed by atoms with van der Waals surface area (Å²) in [6.07, 6.45) is 5.92. The highest BCUT2D eigenvalue weighted by Gasteiger charge is 2.10. The average Bonchev–Trinajstić information content (AvgIpc) is 2.63. The summed E-state index contributed by atoms with van der Waals surface area (Å²) in [6.45, 7) is 0. The van der Waals surface area contributed by atoms with E-state index in [1.54, 1.807) is 18.2 Å². The Kier molecular flexibility index (Phi) is 4.35. The second-order valence-corrected chi connectivity index (χ2v) is 4.53. The Hall–Kier alpha value is -3.86. The molecule has 0 aliphatic carbocycles.